The van der Waals surface area contributed by atoms with Crippen molar-refractivity contribution < 1.29 is 14.2 Å². The number of nitrogens with one attached hydrogen (secondary N) is 3. The summed E-state index contributed by atoms with van der Waals surface area (Å²) in [4.78, 5) is 6.19. The number of aromatic nitrogens is 1. The van der Waals surface area contributed by atoms with E-state index in [9.17, 15) is 0 Å². The van der Waals surface area contributed by atoms with Gasteiger partial charge in [-0.05, 0) is 35.7 Å². The van der Waals surface area contributed by atoms with Gasteiger partial charge < -0.3 is 19.2 Å². The molecule has 2 aliphatic heterocycles. The van der Waals surface area contributed by atoms with Gasteiger partial charge in [-0.25, -0.2) is 5.43 Å². The first-order valence-corrected chi connectivity index (χ1v) is 10.8. The number of hydrazine groups is 1. The van der Waals surface area contributed by atoms with Crippen LogP contribution in [0.3, 0.4) is 0 Å². The van der Waals surface area contributed by atoms with Crippen LogP contribution in [0.15, 0.2) is 36.4 Å². The van der Waals surface area contributed by atoms with Crippen LogP contribution in [0, 0.1) is 5.92 Å². The van der Waals surface area contributed by atoms with E-state index in [0.29, 0.717) is 23.2 Å². The van der Waals surface area contributed by atoms with Gasteiger partial charge in [0.1, 0.15) is 0 Å². The summed E-state index contributed by atoms with van der Waals surface area (Å²) in [6, 6.07) is 12.9. The van der Waals surface area contributed by atoms with Crippen molar-refractivity contribution in [2.75, 3.05) is 41.0 Å². The van der Waals surface area contributed by atoms with E-state index in [0.717, 1.165) is 38.2 Å². The van der Waals surface area contributed by atoms with Crippen molar-refractivity contribution in [2.45, 2.75) is 19.0 Å². The molecule has 164 valence electrons. The molecule has 0 spiro atoms. The summed E-state index contributed by atoms with van der Waals surface area (Å²) in [5.74, 6) is 2.42. The van der Waals surface area contributed by atoms with Crippen LogP contribution in [0.2, 0.25) is 0 Å². The number of ether oxygens (including phenoxy) is 3. The summed E-state index contributed by atoms with van der Waals surface area (Å²) in [6.45, 7) is 3.96. The van der Waals surface area contributed by atoms with Crippen molar-refractivity contribution in [3.63, 3.8) is 0 Å². The number of benzene rings is 2. The highest BCUT2D eigenvalue weighted by Crippen LogP contribution is 2.41. The number of methoxy groups -OCH3 is 3. The zero-order valence-electron chi connectivity index (χ0n) is 18.3. The standard InChI is InChI=1S/C24H30N4O3/c1-29-21-10-15(11-22(30-2)24(21)31-3)23-16(12-25-27-23)13-28-9-8-18-17-6-4-5-7-19(17)26-20(18)14-28/h4-7,10-11,16,23,25-27H,8-9,12-14H2,1-3H3. The Morgan fingerprint density at radius 2 is 1.81 bits per heavy atom. The molecule has 1 aromatic heterocycles. The second-order valence-corrected chi connectivity index (χ2v) is 8.33. The maximum Gasteiger partial charge on any atom is 0.203 e. The molecule has 31 heavy (non-hydrogen) atoms. The van der Waals surface area contributed by atoms with Gasteiger partial charge in [0.25, 0.3) is 0 Å². The van der Waals surface area contributed by atoms with Gasteiger partial charge in [-0.15, -0.1) is 0 Å². The smallest absolute Gasteiger partial charge is 0.203 e. The lowest BCUT2D eigenvalue weighted by Crippen LogP contribution is -2.36. The maximum atomic E-state index is 5.56. The van der Waals surface area contributed by atoms with E-state index >= 15 is 0 Å². The fraction of sp³-hybridized carbons (Fsp3) is 0.417. The molecule has 2 aliphatic rings. The summed E-state index contributed by atoms with van der Waals surface area (Å²) >= 11 is 0. The van der Waals surface area contributed by atoms with Crippen molar-refractivity contribution in [2.24, 2.45) is 5.92 Å². The molecule has 0 saturated carbocycles. The van der Waals surface area contributed by atoms with E-state index in [1.807, 2.05) is 12.1 Å². The summed E-state index contributed by atoms with van der Waals surface area (Å²) in [5, 5.41) is 1.37. The average molecular weight is 423 g/mol. The van der Waals surface area contributed by atoms with Gasteiger partial charge in [-0.3, -0.25) is 10.3 Å². The van der Waals surface area contributed by atoms with Crippen LogP contribution >= 0.6 is 0 Å². The number of rotatable bonds is 6. The Labute approximate surface area is 182 Å². The lowest BCUT2D eigenvalue weighted by Gasteiger charge is -2.31. The zero-order chi connectivity index (χ0) is 21.4. The second-order valence-electron chi connectivity index (χ2n) is 8.33. The molecule has 2 atom stereocenters. The number of H-pyrrole nitrogens is 1. The van der Waals surface area contributed by atoms with Gasteiger partial charge in [-0.2, -0.15) is 0 Å². The minimum absolute atomic E-state index is 0.165. The Kier molecular flexibility index (Phi) is 5.48. The second kappa shape index (κ2) is 8.42. The van der Waals surface area contributed by atoms with Crippen LogP contribution in [-0.4, -0.2) is 50.8 Å². The quantitative estimate of drug-likeness (QED) is 0.567. The highest BCUT2D eigenvalue weighted by molar-refractivity contribution is 5.84. The number of fused-ring (bicyclic) bond motifs is 3. The van der Waals surface area contributed by atoms with Crippen LogP contribution in [-0.2, 0) is 13.0 Å². The minimum atomic E-state index is 0.165. The molecular formula is C24H30N4O3. The predicted molar refractivity (Wildman–Crippen MR) is 121 cm³/mol. The van der Waals surface area contributed by atoms with E-state index in [2.05, 4.69) is 45.0 Å². The molecule has 3 N–H and O–H groups in total. The predicted octanol–water partition coefficient (Wildman–Crippen LogP) is 3.02. The molecule has 7 nitrogen and oxygen atoms in total. The van der Waals surface area contributed by atoms with Crippen LogP contribution in [0.25, 0.3) is 10.9 Å². The fourth-order valence-electron chi connectivity index (χ4n) is 5.08. The lowest BCUT2D eigenvalue weighted by atomic mass is 9.93. The topological polar surface area (TPSA) is 70.8 Å². The molecule has 7 heteroatoms. The Morgan fingerprint density at radius 1 is 1.03 bits per heavy atom. The molecule has 2 aromatic carbocycles. The Balaban J connectivity index is 1.36. The third-order valence-electron chi connectivity index (χ3n) is 6.59. The fourth-order valence-corrected chi connectivity index (χ4v) is 5.08. The van der Waals surface area contributed by atoms with Crippen LogP contribution in [0.4, 0.5) is 0 Å². The Morgan fingerprint density at radius 3 is 2.55 bits per heavy atom. The van der Waals surface area contributed by atoms with Crippen LogP contribution < -0.4 is 25.1 Å². The van der Waals surface area contributed by atoms with Crippen molar-refractivity contribution >= 4 is 10.9 Å². The van der Waals surface area contributed by atoms with Crippen LogP contribution in [0.5, 0.6) is 17.2 Å². The highest BCUT2D eigenvalue weighted by atomic mass is 16.5. The maximum absolute atomic E-state index is 5.56. The average Bonchev–Trinajstić information content (AvgIpc) is 3.41. The van der Waals surface area contributed by atoms with Crippen molar-refractivity contribution in [1.82, 2.24) is 20.7 Å². The first-order valence-electron chi connectivity index (χ1n) is 10.8. The normalized spacial score (nSPS) is 21.3. The third-order valence-corrected chi connectivity index (χ3v) is 6.59. The molecule has 0 radical (unpaired) electrons. The van der Waals surface area contributed by atoms with Crippen molar-refractivity contribution in [3.05, 3.63) is 53.2 Å². The first-order chi connectivity index (χ1) is 15.2. The molecule has 0 amide bonds. The van der Waals surface area contributed by atoms with E-state index in [1.165, 1.54) is 22.2 Å². The van der Waals surface area contributed by atoms with E-state index in [4.69, 9.17) is 14.2 Å². The van der Waals surface area contributed by atoms with E-state index < -0.39 is 0 Å². The molecule has 1 fully saturated rings. The summed E-state index contributed by atoms with van der Waals surface area (Å²) in [7, 11) is 4.95. The monoisotopic (exact) mass is 422 g/mol. The third kappa shape index (κ3) is 3.63. The number of para-hydroxylation sites is 1. The van der Waals surface area contributed by atoms with Gasteiger partial charge in [0.05, 0.1) is 27.4 Å². The SMILES string of the molecule is COc1cc(C2NNCC2CN2CCc3c([nH]c4ccccc34)C2)cc(OC)c1OC. The molecule has 3 aromatic rings. The Hall–Kier alpha value is -2.74. The largest absolute Gasteiger partial charge is 0.493 e. The van der Waals surface area contributed by atoms with Gasteiger partial charge >= 0.3 is 0 Å². The Bertz CT molecular complexity index is 1050. The lowest BCUT2D eigenvalue weighted by molar-refractivity contribution is 0.207. The summed E-state index contributed by atoms with van der Waals surface area (Å²) in [6.07, 6.45) is 1.09. The molecule has 1 saturated heterocycles. The zero-order valence-corrected chi connectivity index (χ0v) is 18.3. The van der Waals surface area contributed by atoms with Gasteiger partial charge in [-0.1, -0.05) is 18.2 Å². The first kappa shape index (κ1) is 20.2. The van der Waals surface area contributed by atoms with Gasteiger partial charge in [0, 0.05) is 48.7 Å². The number of hydrogen-bond acceptors (Lipinski definition) is 6. The molecular weight excluding hydrogens is 392 g/mol. The van der Waals surface area contributed by atoms with Crippen molar-refractivity contribution in [3.8, 4) is 17.2 Å². The summed E-state index contributed by atoms with van der Waals surface area (Å²) < 4.78 is 16.6. The van der Waals surface area contributed by atoms with Gasteiger partial charge in [0.15, 0.2) is 11.5 Å². The minimum Gasteiger partial charge on any atom is -0.493 e. The number of nitrogens with zero attached hydrogens (tertiary/aromatic N) is 1. The van der Waals surface area contributed by atoms with Crippen LogP contribution in [0.1, 0.15) is 22.9 Å². The number of hydrogen-bond donors (Lipinski definition) is 3. The van der Waals surface area contributed by atoms with Gasteiger partial charge in [0.2, 0.25) is 5.75 Å². The van der Waals surface area contributed by atoms with E-state index in [-0.39, 0.29) is 6.04 Å². The molecule has 3 heterocycles. The summed E-state index contributed by atoms with van der Waals surface area (Å²) in [5.41, 5.74) is 12.0. The molecule has 0 bridgehead atoms. The van der Waals surface area contributed by atoms with Crippen molar-refractivity contribution in [1.29, 1.82) is 0 Å². The number of aromatic amines is 1. The highest BCUT2D eigenvalue weighted by Gasteiger charge is 2.32. The molecule has 0 aliphatic carbocycles. The van der Waals surface area contributed by atoms with E-state index in [1.54, 1.807) is 21.3 Å². The molecule has 2 unspecified atom stereocenters. The molecule has 5 rings (SSSR count).